The van der Waals surface area contributed by atoms with Crippen LogP contribution in [0.5, 0.6) is 0 Å². The summed E-state index contributed by atoms with van der Waals surface area (Å²) in [5, 5.41) is 0.199. The van der Waals surface area contributed by atoms with E-state index in [-0.39, 0.29) is 22.8 Å². The van der Waals surface area contributed by atoms with Gasteiger partial charge in [0.15, 0.2) is 0 Å². The van der Waals surface area contributed by atoms with Gasteiger partial charge in [-0.3, -0.25) is 0 Å². The van der Waals surface area contributed by atoms with Crippen LogP contribution >= 0.6 is 27.5 Å². The number of nitrogen functional groups attached to an aromatic ring is 1. The second kappa shape index (κ2) is 6.24. The van der Waals surface area contributed by atoms with E-state index < -0.39 is 11.8 Å². The Kier molecular flexibility index (Phi) is 4.62. The van der Waals surface area contributed by atoms with Crippen molar-refractivity contribution < 1.29 is 13.9 Å². The first-order valence-corrected chi connectivity index (χ1v) is 6.80. The summed E-state index contributed by atoms with van der Waals surface area (Å²) in [6.45, 7) is -0.176. The minimum Gasteiger partial charge on any atom is -0.457 e. The molecule has 0 heterocycles. The van der Waals surface area contributed by atoms with E-state index in [2.05, 4.69) is 15.9 Å². The first-order valence-electron chi connectivity index (χ1n) is 5.63. The lowest BCUT2D eigenvalue weighted by atomic mass is 10.2. The van der Waals surface area contributed by atoms with E-state index in [0.29, 0.717) is 10.2 Å². The number of benzene rings is 2. The van der Waals surface area contributed by atoms with Crippen molar-refractivity contribution in [2.45, 2.75) is 6.61 Å². The molecule has 0 aliphatic rings. The van der Waals surface area contributed by atoms with Crippen LogP contribution in [-0.4, -0.2) is 5.97 Å². The monoisotopic (exact) mass is 357 g/mol. The van der Waals surface area contributed by atoms with Crippen molar-refractivity contribution in [2.75, 3.05) is 5.73 Å². The summed E-state index contributed by atoms with van der Waals surface area (Å²) < 4.78 is 19.2. The molecule has 0 fully saturated rings. The van der Waals surface area contributed by atoms with Crippen LogP contribution in [0.15, 0.2) is 40.9 Å². The molecule has 2 aromatic carbocycles. The zero-order valence-corrected chi connectivity index (χ0v) is 12.5. The Hall–Kier alpha value is -1.59. The second-order valence-electron chi connectivity index (χ2n) is 4.05. The Morgan fingerprint density at radius 1 is 1.30 bits per heavy atom. The molecule has 0 radical (unpaired) electrons. The second-order valence-corrected chi connectivity index (χ2v) is 5.37. The van der Waals surface area contributed by atoms with Crippen LogP contribution in [0.1, 0.15) is 15.9 Å². The van der Waals surface area contributed by atoms with Gasteiger partial charge in [-0.15, -0.1) is 0 Å². The van der Waals surface area contributed by atoms with Gasteiger partial charge in [0.25, 0.3) is 0 Å². The molecule has 0 aliphatic heterocycles. The highest BCUT2D eigenvalue weighted by atomic mass is 79.9. The first kappa shape index (κ1) is 14.8. The van der Waals surface area contributed by atoms with Crippen LogP contribution in [0, 0.1) is 5.82 Å². The predicted molar refractivity (Wildman–Crippen MR) is 79.1 cm³/mol. The molecule has 2 N–H and O–H groups in total. The maximum atomic E-state index is 13.5. The molecule has 2 rings (SSSR count). The van der Waals surface area contributed by atoms with Gasteiger partial charge in [0.1, 0.15) is 12.4 Å². The number of ether oxygens (including phenoxy) is 1. The number of carbonyl (C=O) groups is 1. The molecule has 0 atom stereocenters. The molecular weight excluding hydrogens is 349 g/mol. The Balaban J connectivity index is 2.10. The number of esters is 1. The Morgan fingerprint density at radius 3 is 2.75 bits per heavy atom. The van der Waals surface area contributed by atoms with Gasteiger partial charge in [0.05, 0.1) is 10.6 Å². The van der Waals surface area contributed by atoms with Crippen molar-refractivity contribution in [1.29, 1.82) is 0 Å². The fourth-order valence-corrected chi connectivity index (χ4v) is 2.25. The summed E-state index contributed by atoms with van der Waals surface area (Å²) in [6, 6.07) is 8.88. The van der Waals surface area contributed by atoms with Gasteiger partial charge in [-0.2, -0.15) is 0 Å². The molecule has 0 bridgehead atoms. The summed E-state index contributed by atoms with van der Waals surface area (Å²) >= 11 is 9.13. The first-order chi connectivity index (χ1) is 9.47. The van der Waals surface area contributed by atoms with Crippen LogP contribution in [-0.2, 0) is 11.3 Å². The molecule has 0 aliphatic carbocycles. The van der Waals surface area contributed by atoms with E-state index in [4.69, 9.17) is 22.1 Å². The predicted octanol–water partition coefficient (Wildman–Crippen LogP) is 4.18. The number of halogens is 3. The molecule has 6 heteroatoms. The Labute approximate surface area is 128 Å². The van der Waals surface area contributed by atoms with E-state index in [1.807, 2.05) is 0 Å². The van der Waals surface area contributed by atoms with Gasteiger partial charge in [-0.1, -0.05) is 27.5 Å². The number of nitrogens with two attached hydrogens (primary N) is 1. The van der Waals surface area contributed by atoms with Crippen LogP contribution in [0.25, 0.3) is 0 Å². The maximum Gasteiger partial charge on any atom is 0.339 e. The van der Waals surface area contributed by atoms with Crippen molar-refractivity contribution in [3.05, 3.63) is 62.8 Å². The van der Waals surface area contributed by atoms with Crippen molar-refractivity contribution in [3.8, 4) is 0 Å². The summed E-state index contributed by atoms with van der Waals surface area (Å²) in [6.07, 6.45) is 0. The standard InChI is InChI=1S/C14H10BrClFNO2/c15-9-1-4-13(17)8(5-9)7-20-14(19)11-3-2-10(18)6-12(11)16/h1-6H,7,18H2. The smallest absolute Gasteiger partial charge is 0.339 e. The topological polar surface area (TPSA) is 52.3 Å². The molecule has 0 aromatic heterocycles. The normalized spacial score (nSPS) is 10.3. The number of rotatable bonds is 3. The third-order valence-electron chi connectivity index (χ3n) is 2.58. The van der Waals surface area contributed by atoms with Crippen molar-refractivity contribution in [3.63, 3.8) is 0 Å². The minimum absolute atomic E-state index is 0.176. The molecule has 0 unspecified atom stereocenters. The van der Waals surface area contributed by atoms with Gasteiger partial charge >= 0.3 is 5.97 Å². The van der Waals surface area contributed by atoms with Crippen LogP contribution in [0.3, 0.4) is 0 Å². The molecule has 0 saturated heterocycles. The molecule has 20 heavy (non-hydrogen) atoms. The Bertz CT molecular complexity index is 664. The largest absolute Gasteiger partial charge is 0.457 e. The van der Waals surface area contributed by atoms with E-state index in [1.165, 1.54) is 18.2 Å². The van der Waals surface area contributed by atoms with E-state index in [9.17, 15) is 9.18 Å². The number of hydrogen-bond acceptors (Lipinski definition) is 3. The average Bonchev–Trinajstić information content (AvgIpc) is 2.39. The summed E-state index contributed by atoms with van der Waals surface area (Å²) in [7, 11) is 0. The van der Waals surface area contributed by atoms with E-state index in [1.54, 1.807) is 18.2 Å². The molecule has 0 spiro atoms. The third-order valence-corrected chi connectivity index (χ3v) is 3.39. The number of hydrogen-bond donors (Lipinski definition) is 1. The van der Waals surface area contributed by atoms with Gasteiger partial charge in [-0.25, -0.2) is 9.18 Å². The third kappa shape index (κ3) is 3.49. The van der Waals surface area contributed by atoms with Gasteiger partial charge in [0.2, 0.25) is 0 Å². The summed E-state index contributed by atoms with van der Waals surface area (Å²) in [5.41, 5.74) is 6.45. The molecular formula is C14H10BrClFNO2. The van der Waals surface area contributed by atoms with Gasteiger partial charge < -0.3 is 10.5 Å². The molecule has 104 valence electrons. The molecule has 2 aromatic rings. The Morgan fingerprint density at radius 2 is 2.05 bits per heavy atom. The van der Waals surface area contributed by atoms with Gasteiger partial charge in [-0.05, 0) is 36.4 Å². The highest BCUT2D eigenvalue weighted by Gasteiger charge is 2.13. The zero-order chi connectivity index (χ0) is 14.7. The minimum atomic E-state index is -0.630. The average molecular weight is 359 g/mol. The van der Waals surface area contributed by atoms with Crippen molar-refractivity contribution in [2.24, 2.45) is 0 Å². The number of anilines is 1. The van der Waals surface area contributed by atoms with Gasteiger partial charge in [0, 0.05) is 15.7 Å². The molecule has 3 nitrogen and oxygen atoms in total. The van der Waals surface area contributed by atoms with Crippen LogP contribution in [0.2, 0.25) is 5.02 Å². The van der Waals surface area contributed by atoms with Crippen molar-refractivity contribution >= 4 is 39.2 Å². The maximum absolute atomic E-state index is 13.5. The molecule has 0 saturated carbocycles. The quantitative estimate of drug-likeness (QED) is 0.661. The summed E-state index contributed by atoms with van der Waals surface area (Å²) in [4.78, 5) is 11.9. The summed E-state index contributed by atoms with van der Waals surface area (Å²) in [5.74, 6) is -1.07. The fourth-order valence-electron chi connectivity index (χ4n) is 1.57. The van der Waals surface area contributed by atoms with Crippen molar-refractivity contribution in [1.82, 2.24) is 0 Å². The fraction of sp³-hybridized carbons (Fsp3) is 0.0714. The number of carbonyl (C=O) groups excluding carboxylic acids is 1. The highest BCUT2D eigenvalue weighted by molar-refractivity contribution is 9.10. The lowest BCUT2D eigenvalue weighted by molar-refractivity contribution is 0.0469. The lowest BCUT2D eigenvalue weighted by Gasteiger charge is -2.08. The van der Waals surface area contributed by atoms with E-state index in [0.717, 1.165) is 0 Å². The zero-order valence-electron chi connectivity index (χ0n) is 10.2. The van der Waals surface area contributed by atoms with Crippen LogP contribution < -0.4 is 5.73 Å². The van der Waals surface area contributed by atoms with E-state index >= 15 is 0 Å². The van der Waals surface area contributed by atoms with Crippen LogP contribution in [0.4, 0.5) is 10.1 Å². The molecule has 0 amide bonds. The SMILES string of the molecule is Nc1ccc(C(=O)OCc2cc(Br)ccc2F)c(Cl)c1. The lowest BCUT2D eigenvalue weighted by Crippen LogP contribution is -2.07. The highest BCUT2D eigenvalue weighted by Crippen LogP contribution is 2.21.